The third-order valence-corrected chi connectivity index (χ3v) is 2.38. The molecule has 1 rings (SSSR count). The number of hydrogen-bond donors (Lipinski definition) is 1. The Hall–Kier alpha value is -0.310. The lowest BCUT2D eigenvalue weighted by Gasteiger charge is -2.21. The molecule has 1 aliphatic carbocycles. The average Bonchev–Trinajstić information content (AvgIpc) is 2.68. The van der Waals surface area contributed by atoms with E-state index >= 15 is 0 Å². The molecule has 1 amide bonds. The van der Waals surface area contributed by atoms with Gasteiger partial charge in [-0.15, -0.1) is 0 Å². The maximum Gasteiger partial charge on any atom is 0.248 e. The summed E-state index contributed by atoms with van der Waals surface area (Å²) in [6.45, 7) is 5.97. The molecule has 2 nitrogen and oxygen atoms in total. The second kappa shape index (κ2) is 3.82. The third-order valence-electron chi connectivity index (χ3n) is 1.89. The van der Waals surface area contributed by atoms with Crippen molar-refractivity contribution >= 4 is 21.8 Å². The topological polar surface area (TPSA) is 29.1 Å². The Bertz CT molecular complexity index is 236. The molecule has 1 N–H and O–H groups in total. The molecule has 1 saturated carbocycles. The number of halogens is 1. The van der Waals surface area contributed by atoms with E-state index in [1.54, 1.807) is 4.99 Å². The largest absolute Gasteiger partial charge is 0.348 e. The van der Waals surface area contributed by atoms with E-state index in [9.17, 15) is 4.79 Å². The molecule has 13 heavy (non-hydrogen) atoms. The van der Waals surface area contributed by atoms with Gasteiger partial charge in [-0.2, -0.15) is 0 Å². The summed E-state index contributed by atoms with van der Waals surface area (Å²) < 4.78 is 0. The minimum Gasteiger partial charge on any atom is -0.348 e. The molecule has 0 unspecified atom stereocenters. The normalized spacial score (nSPS) is 18.6. The van der Waals surface area contributed by atoms with E-state index in [1.165, 1.54) is 0 Å². The van der Waals surface area contributed by atoms with E-state index in [4.69, 9.17) is 0 Å². The maximum atomic E-state index is 11.7. The van der Waals surface area contributed by atoms with Crippen molar-refractivity contribution in [3.63, 3.8) is 0 Å². The van der Waals surface area contributed by atoms with Crippen LogP contribution in [0.25, 0.3) is 0 Å². The van der Waals surface area contributed by atoms with Gasteiger partial charge in [-0.05, 0) is 44.5 Å². The van der Waals surface area contributed by atoms with Crippen LogP contribution in [0.2, 0.25) is 0 Å². The first-order valence-corrected chi connectivity index (χ1v) is 5.48. The van der Waals surface area contributed by atoms with E-state index in [0.29, 0.717) is 5.92 Å². The number of nitrogens with one attached hydrogen (secondary N) is 1. The van der Waals surface area contributed by atoms with Gasteiger partial charge in [-0.25, -0.2) is 0 Å². The summed E-state index contributed by atoms with van der Waals surface area (Å²) in [7, 11) is 0. The summed E-state index contributed by atoms with van der Waals surface area (Å²) in [6.07, 6.45) is 2.30. The summed E-state index contributed by atoms with van der Waals surface area (Å²) in [5.74, 6) is 0.550. The van der Waals surface area contributed by atoms with Crippen molar-refractivity contribution in [1.29, 1.82) is 0 Å². The van der Waals surface area contributed by atoms with Gasteiger partial charge in [-0.1, -0.05) is 15.9 Å². The Morgan fingerprint density at radius 3 is 2.31 bits per heavy atom. The van der Waals surface area contributed by atoms with Gasteiger partial charge in [0, 0.05) is 11.1 Å². The average molecular weight is 246 g/mol. The zero-order valence-corrected chi connectivity index (χ0v) is 9.94. The molecule has 0 heterocycles. The van der Waals surface area contributed by atoms with Crippen molar-refractivity contribution in [1.82, 2.24) is 5.32 Å². The maximum absolute atomic E-state index is 11.7. The SMILES string of the molecule is CC(C)(C)NC(=O)/C(=C/Br)C1CC1. The van der Waals surface area contributed by atoms with E-state index in [-0.39, 0.29) is 11.4 Å². The Morgan fingerprint density at radius 2 is 2.00 bits per heavy atom. The highest BCUT2D eigenvalue weighted by atomic mass is 79.9. The standard InChI is InChI=1S/C10H16BrNO/c1-10(2,3)12-9(13)8(6-11)7-4-5-7/h6-7H,4-5H2,1-3H3,(H,12,13)/b8-6+. The van der Waals surface area contributed by atoms with Crippen LogP contribution >= 0.6 is 15.9 Å². The number of hydrogen-bond acceptors (Lipinski definition) is 1. The van der Waals surface area contributed by atoms with Crippen molar-refractivity contribution < 1.29 is 4.79 Å². The molecule has 3 heteroatoms. The Morgan fingerprint density at radius 1 is 1.46 bits per heavy atom. The first-order chi connectivity index (χ1) is 5.94. The summed E-state index contributed by atoms with van der Waals surface area (Å²) in [6, 6.07) is 0. The molecule has 0 atom stereocenters. The quantitative estimate of drug-likeness (QED) is 0.745. The summed E-state index contributed by atoms with van der Waals surface area (Å²) in [5, 5.41) is 2.95. The van der Waals surface area contributed by atoms with Crippen LogP contribution in [-0.2, 0) is 4.79 Å². The minimum atomic E-state index is -0.146. The van der Waals surface area contributed by atoms with Crippen molar-refractivity contribution in [3.8, 4) is 0 Å². The lowest BCUT2D eigenvalue weighted by atomic mass is 10.1. The predicted molar refractivity (Wildman–Crippen MR) is 57.6 cm³/mol. The molecule has 0 bridgehead atoms. The van der Waals surface area contributed by atoms with Gasteiger partial charge in [0.05, 0.1) is 0 Å². The van der Waals surface area contributed by atoms with E-state index in [2.05, 4.69) is 21.2 Å². The number of rotatable bonds is 2. The highest BCUT2D eigenvalue weighted by Crippen LogP contribution is 2.37. The van der Waals surface area contributed by atoms with Crippen LogP contribution in [0.1, 0.15) is 33.6 Å². The molecule has 0 aromatic rings. The zero-order chi connectivity index (χ0) is 10.1. The molecule has 74 valence electrons. The van der Waals surface area contributed by atoms with Gasteiger partial charge in [0.2, 0.25) is 5.91 Å². The van der Waals surface area contributed by atoms with Gasteiger partial charge in [-0.3, -0.25) is 4.79 Å². The number of carbonyl (C=O) groups is 1. The molecule has 0 aromatic heterocycles. The Balaban J connectivity index is 2.55. The second-order valence-electron chi connectivity index (χ2n) is 4.54. The molecular weight excluding hydrogens is 230 g/mol. The second-order valence-corrected chi connectivity index (χ2v) is 5.00. The summed E-state index contributed by atoms with van der Waals surface area (Å²) >= 11 is 3.24. The van der Waals surface area contributed by atoms with Crippen LogP contribution in [0.5, 0.6) is 0 Å². The lowest BCUT2D eigenvalue weighted by Crippen LogP contribution is -2.41. The fourth-order valence-electron chi connectivity index (χ4n) is 1.13. The van der Waals surface area contributed by atoms with Crippen molar-refractivity contribution in [2.24, 2.45) is 5.92 Å². The minimum absolute atomic E-state index is 0.0619. The lowest BCUT2D eigenvalue weighted by molar-refractivity contribution is -0.119. The highest BCUT2D eigenvalue weighted by Gasteiger charge is 2.31. The van der Waals surface area contributed by atoms with Crippen molar-refractivity contribution in [3.05, 3.63) is 10.6 Å². The van der Waals surface area contributed by atoms with Crippen LogP contribution in [0.3, 0.4) is 0 Å². The van der Waals surface area contributed by atoms with E-state index in [0.717, 1.165) is 18.4 Å². The molecule has 1 aliphatic rings. The number of carbonyl (C=O) groups excluding carboxylic acids is 1. The van der Waals surface area contributed by atoms with E-state index in [1.807, 2.05) is 20.8 Å². The molecule has 0 radical (unpaired) electrons. The smallest absolute Gasteiger partial charge is 0.248 e. The van der Waals surface area contributed by atoms with Crippen LogP contribution in [0.4, 0.5) is 0 Å². The fourth-order valence-corrected chi connectivity index (χ4v) is 1.71. The van der Waals surface area contributed by atoms with Crippen LogP contribution < -0.4 is 5.32 Å². The zero-order valence-electron chi connectivity index (χ0n) is 8.36. The molecule has 0 aromatic carbocycles. The van der Waals surface area contributed by atoms with Gasteiger partial charge in [0.25, 0.3) is 0 Å². The van der Waals surface area contributed by atoms with Gasteiger partial charge < -0.3 is 5.32 Å². The Kier molecular flexibility index (Phi) is 3.17. The number of amides is 1. The van der Waals surface area contributed by atoms with Crippen molar-refractivity contribution in [2.45, 2.75) is 39.2 Å². The monoisotopic (exact) mass is 245 g/mol. The predicted octanol–water partition coefficient (Wildman–Crippen LogP) is 2.59. The molecule has 0 saturated heterocycles. The Labute approximate surface area is 87.9 Å². The van der Waals surface area contributed by atoms with Crippen LogP contribution in [0.15, 0.2) is 10.6 Å². The van der Waals surface area contributed by atoms with Crippen LogP contribution in [-0.4, -0.2) is 11.4 Å². The first kappa shape index (κ1) is 10.8. The molecule has 1 fully saturated rings. The van der Waals surface area contributed by atoms with Crippen LogP contribution in [0, 0.1) is 5.92 Å². The molecule has 0 aliphatic heterocycles. The first-order valence-electron chi connectivity index (χ1n) is 4.57. The third kappa shape index (κ3) is 3.51. The fraction of sp³-hybridized carbons (Fsp3) is 0.700. The van der Waals surface area contributed by atoms with Gasteiger partial charge in [0.15, 0.2) is 0 Å². The van der Waals surface area contributed by atoms with E-state index < -0.39 is 0 Å². The van der Waals surface area contributed by atoms with Crippen molar-refractivity contribution in [2.75, 3.05) is 0 Å². The highest BCUT2D eigenvalue weighted by molar-refractivity contribution is 9.11. The van der Waals surface area contributed by atoms with Gasteiger partial charge in [0.1, 0.15) is 0 Å². The molecule has 0 spiro atoms. The van der Waals surface area contributed by atoms with Gasteiger partial charge >= 0.3 is 0 Å². The summed E-state index contributed by atoms with van der Waals surface area (Å²) in [4.78, 5) is 13.4. The molecular formula is C10H16BrNO. The summed E-state index contributed by atoms with van der Waals surface area (Å²) in [5.41, 5.74) is 0.739.